The van der Waals surface area contributed by atoms with Crippen LogP contribution in [0.15, 0.2) is 0 Å². The Kier molecular flexibility index (Phi) is 7.10. The Morgan fingerprint density at radius 1 is 1.04 bits per heavy atom. The highest BCUT2D eigenvalue weighted by Crippen LogP contribution is 2.32. The number of likely N-dealkylation sites (tertiary alicyclic amines) is 2. The highest BCUT2D eigenvalue weighted by atomic mass is 16.5. The SMILES string of the molecule is CCOC(=O)C1CCC(OC(N2CCCC2)N2CCC[C@@H]2OC)CC1. The Balaban J connectivity index is 1.56. The molecule has 1 saturated carbocycles. The van der Waals surface area contributed by atoms with Gasteiger partial charge in [0.1, 0.15) is 6.23 Å². The van der Waals surface area contributed by atoms with Crippen molar-refractivity contribution in [1.82, 2.24) is 9.80 Å². The third-order valence-corrected chi connectivity index (χ3v) is 5.85. The monoisotopic (exact) mass is 354 g/mol. The van der Waals surface area contributed by atoms with Gasteiger partial charge in [-0.3, -0.25) is 9.69 Å². The quantitative estimate of drug-likeness (QED) is 0.655. The summed E-state index contributed by atoms with van der Waals surface area (Å²) >= 11 is 0. The molecule has 2 aliphatic heterocycles. The summed E-state index contributed by atoms with van der Waals surface area (Å²) in [6.07, 6.45) is 8.82. The van der Waals surface area contributed by atoms with E-state index in [1.54, 1.807) is 7.11 Å². The van der Waals surface area contributed by atoms with Gasteiger partial charge in [-0.05, 0) is 58.3 Å². The predicted octanol–water partition coefficient (Wildman–Crippen LogP) is 2.57. The molecule has 25 heavy (non-hydrogen) atoms. The van der Waals surface area contributed by atoms with E-state index in [1.807, 2.05) is 6.92 Å². The van der Waals surface area contributed by atoms with Gasteiger partial charge in [-0.2, -0.15) is 0 Å². The molecule has 6 nitrogen and oxygen atoms in total. The minimum atomic E-state index is -0.0315. The maximum absolute atomic E-state index is 11.9. The molecule has 0 amide bonds. The number of carbonyl (C=O) groups is 1. The fourth-order valence-electron chi connectivity index (χ4n) is 4.47. The first-order valence-electron chi connectivity index (χ1n) is 10.1. The van der Waals surface area contributed by atoms with Crippen molar-refractivity contribution >= 4 is 5.97 Å². The lowest BCUT2D eigenvalue weighted by molar-refractivity contribution is -0.214. The maximum Gasteiger partial charge on any atom is 0.308 e. The lowest BCUT2D eigenvalue weighted by Crippen LogP contribution is -2.53. The number of methoxy groups -OCH3 is 1. The van der Waals surface area contributed by atoms with E-state index >= 15 is 0 Å². The summed E-state index contributed by atoms with van der Waals surface area (Å²) in [5, 5.41) is 0. The third kappa shape index (κ3) is 4.73. The molecular formula is C19H34N2O4. The first-order chi connectivity index (χ1) is 12.2. The van der Waals surface area contributed by atoms with Crippen molar-refractivity contribution < 1.29 is 19.0 Å². The topological polar surface area (TPSA) is 51.2 Å². The second-order valence-electron chi connectivity index (χ2n) is 7.50. The van der Waals surface area contributed by atoms with Crippen LogP contribution in [0, 0.1) is 5.92 Å². The molecule has 0 aromatic heterocycles. The van der Waals surface area contributed by atoms with E-state index in [-0.39, 0.29) is 30.6 Å². The number of carbonyl (C=O) groups excluding carboxylic acids is 1. The second kappa shape index (κ2) is 9.31. The zero-order valence-electron chi connectivity index (χ0n) is 15.8. The van der Waals surface area contributed by atoms with Crippen LogP contribution in [0.1, 0.15) is 58.3 Å². The third-order valence-electron chi connectivity index (χ3n) is 5.85. The smallest absolute Gasteiger partial charge is 0.308 e. The fourth-order valence-corrected chi connectivity index (χ4v) is 4.47. The number of esters is 1. The molecule has 0 radical (unpaired) electrons. The van der Waals surface area contributed by atoms with Crippen LogP contribution in [-0.4, -0.2) is 67.8 Å². The average Bonchev–Trinajstić information content (AvgIpc) is 3.32. The molecule has 3 rings (SSSR count). The summed E-state index contributed by atoms with van der Waals surface area (Å²) in [5.74, 6) is 0.0274. The van der Waals surface area contributed by atoms with E-state index in [4.69, 9.17) is 14.2 Å². The van der Waals surface area contributed by atoms with Gasteiger partial charge in [0.15, 0.2) is 6.35 Å². The maximum atomic E-state index is 11.9. The molecule has 1 unspecified atom stereocenters. The van der Waals surface area contributed by atoms with Crippen molar-refractivity contribution in [3.8, 4) is 0 Å². The summed E-state index contributed by atoms with van der Waals surface area (Å²) < 4.78 is 17.5. The highest BCUT2D eigenvalue weighted by molar-refractivity contribution is 5.72. The Labute approximate surface area is 151 Å². The van der Waals surface area contributed by atoms with Crippen molar-refractivity contribution in [3.05, 3.63) is 0 Å². The van der Waals surface area contributed by atoms with Crippen LogP contribution >= 0.6 is 0 Å². The Morgan fingerprint density at radius 2 is 1.76 bits per heavy atom. The molecule has 2 atom stereocenters. The van der Waals surface area contributed by atoms with E-state index in [0.717, 1.165) is 51.7 Å². The first-order valence-corrected chi connectivity index (χ1v) is 10.1. The average molecular weight is 354 g/mol. The Bertz CT molecular complexity index is 420. The van der Waals surface area contributed by atoms with Gasteiger partial charge < -0.3 is 14.2 Å². The van der Waals surface area contributed by atoms with Gasteiger partial charge in [0.05, 0.1) is 18.6 Å². The van der Waals surface area contributed by atoms with Gasteiger partial charge in [-0.1, -0.05) is 0 Å². The van der Waals surface area contributed by atoms with E-state index in [1.165, 1.54) is 19.3 Å². The summed E-state index contributed by atoms with van der Waals surface area (Å²) in [4.78, 5) is 16.8. The van der Waals surface area contributed by atoms with Crippen molar-refractivity contribution in [3.63, 3.8) is 0 Å². The molecule has 0 N–H and O–H groups in total. The van der Waals surface area contributed by atoms with E-state index in [9.17, 15) is 4.79 Å². The number of rotatable bonds is 7. The van der Waals surface area contributed by atoms with Gasteiger partial charge in [0, 0.05) is 26.7 Å². The number of nitrogens with zero attached hydrogens (tertiary/aromatic N) is 2. The molecule has 0 spiro atoms. The van der Waals surface area contributed by atoms with Crippen LogP contribution in [0.4, 0.5) is 0 Å². The van der Waals surface area contributed by atoms with Crippen molar-refractivity contribution in [2.45, 2.75) is 77.0 Å². The van der Waals surface area contributed by atoms with E-state index in [2.05, 4.69) is 9.80 Å². The first kappa shape index (κ1) is 19.1. The summed E-state index contributed by atoms with van der Waals surface area (Å²) in [6.45, 7) is 5.60. The largest absolute Gasteiger partial charge is 0.466 e. The van der Waals surface area contributed by atoms with Gasteiger partial charge in [0.2, 0.25) is 0 Å². The highest BCUT2D eigenvalue weighted by Gasteiger charge is 2.38. The minimum absolute atomic E-state index is 0.0269. The number of hydrogen-bond donors (Lipinski definition) is 0. The summed E-state index contributed by atoms with van der Waals surface area (Å²) in [5.41, 5.74) is 0. The van der Waals surface area contributed by atoms with Crippen LogP contribution in [0.25, 0.3) is 0 Å². The molecule has 6 heteroatoms. The molecule has 0 bridgehead atoms. The molecule has 2 saturated heterocycles. The summed E-state index contributed by atoms with van der Waals surface area (Å²) in [7, 11) is 1.80. The molecule has 144 valence electrons. The molecule has 0 aromatic carbocycles. The lowest BCUT2D eigenvalue weighted by atomic mass is 9.87. The van der Waals surface area contributed by atoms with Crippen LogP contribution in [-0.2, 0) is 19.0 Å². The Morgan fingerprint density at radius 3 is 2.40 bits per heavy atom. The van der Waals surface area contributed by atoms with Crippen LogP contribution < -0.4 is 0 Å². The van der Waals surface area contributed by atoms with Gasteiger partial charge in [-0.25, -0.2) is 4.90 Å². The molecule has 3 aliphatic rings. The van der Waals surface area contributed by atoms with E-state index < -0.39 is 0 Å². The fraction of sp³-hybridized carbons (Fsp3) is 0.947. The summed E-state index contributed by atoms with van der Waals surface area (Å²) in [6, 6.07) is 0. The molecule has 2 heterocycles. The molecule has 1 aliphatic carbocycles. The molecule has 0 aromatic rings. The van der Waals surface area contributed by atoms with Crippen LogP contribution in [0.3, 0.4) is 0 Å². The normalized spacial score (nSPS) is 32.8. The number of hydrogen-bond acceptors (Lipinski definition) is 6. The second-order valence-corrected chi connectivity index (χ2v) is 7.50. The van der Waals surface area contributed by atoms with Crippen molar-refractivity contribution in [1.29, 1.82) is 0 Å². The molecular weight excluding hydrogens is 320 g/mol. The zero-order chi connectivity index (χ0) is 17.6. The van der Waals surface area contributed by atoms with Crippen LogP contribution in [0.5, 0.6) is 0 Å². The Hall–Kier alpha value is -0.690. The van der Waals surface area contributed by atoms with Gasteiger partial charge >= 0.3 is 5.97 Å². The lowest BCUT2D eigenvalue weighted by Gasteiger charge is -2.40. The van der Waals surface area contributed by atoms with Crippen molar-refractivity contribution in [2.24, 2.45) is 5.92 Å². The van der Waals surface area contributed by atoms with E-state index in [0.29, 0.717) is 6.61 Å². The number of ether oxygens (including phenoxy) is 3. The van der Waals surface area contributed by atoms with Crippen molar-refractivity contribution in [2.75, 3.05) is 33.4 Å². The zero-order valence-corrected chi connectivity index (χ0v) is 15.8. The van der Waals surface area contributed by atoms with Gasteiger partial charge in [-0.15, -0.1) is 0 Å². The van der Waals surface area contributed by atoms with Crippen LogP contribution in [0.2, 0.25) is 0 Å². The molecule has 3 fully saturated rings. The van der Waals surface area contributed by atoms with Gasteiger partial charge in [0.25, 0.3) is 0 Å². The minimum Gasteiger partial charge on any atom is -0.466 e. The standard InChI is InChI=1S/C19H34N2O4/c1-3-24-18(22)15-8-10-16(11-9-15)25-19(20-12-4-5-13-20)21-14-6-7-17(21)23-2/h15-17,19H,3-14H2,1-2H3/t15?,16?,17-,19?/m0/s1. The predicted molar refractivity (Wildman–Crippen MR) is 94.8 cm³/mol.